The molecule has 1 atom stereocenters. The van der Waals surface area contributed by atoms with Crippen LogP contribution in [-0.4, -0.2) is 5.66 Å². The quantitative estimate of drug-likeness (QED) is 0.749. The molecule has 1 aromatic carbocycles. The highest BCUT2D eigenvalue weighted by atomic mass is 15.2. The van der Waals surface area contributed by atoms with Crippen LogP contribution in [0.4, 0.5) is 11.4 Å². The van der Waals surface area contributed by atoms with Gasteiger partial charge in [0.25, 0.3) is 0 Å². The molecule has 2 nitrogen and oxygen atoms in total. The number of benzene rings is 1. The Kier molecular flexibility index (Phi) is 2.90. The number of nitrogens with one attached hydrogen (secondary N) is 2. The fraction of sp³-hybridized carbons (Fsp3) is 0.429. The molecule has 0 amide bonds. The van der Waals surface area contributed by atoms with Crippen molar-refractivity contribution in [1.29, 1.82) is 0 Å². The number of hydrogen-bond acceptors (Lipinski definition) is 2. The molecule has 0 aliphatic carbocycles. The van der Waals surface area contributed by atoms with Gasteiger partial charge in [0.15, 0.2) is 0 Å². The van der Waals surface area contributed by atoms with Gasteiger partial charge < -0.3 is 10.6 Å². The summed E-state index contributed by atoms with van der Waals surface area (Å²) in [5.41, 5.74) is 3.61. The van der Waals surface area contributed by atoms with Gasteiger partial charge in [-0.05, 0) is 43.5 Å². The molecule has 1 aliphatic rings. The van der Waals surface area contributed by atoms with Crippen molar-refractivity contribution in [2.75, 3.05) is 10.6 Å². The molecule has 0 saturated carbocycles. The molecule has 16 heavy (non-hydrogen) atoms. The third kappa shape index (κ3) is 1.92. The van der Waals surface area contributed by atoms with Crippen molar-refractivity contribution in [3.8, 4) is 0 Å². The van der Waals surface area contributed by atoms with Crippen LogP contribution in [0.3, 0.4) is 0 Å². The summed E-state index contributed by atoms with van der Waals surface area (Å²) < 4.78 is 0. The smallest absolute Gasteiger partial charge is 0.127 e. The van der Waals surface area contributed by atoms with E-state index in [1.165, 1.54) is 16.9 Å². The Hall–Kier alpha value is -1.44. The van der Waals surface area contributed by atoms with E-state index in [2.05, 4.69) is 61.8 Å². The summed E-state index contributed by atoms with van der Waals surface area (Å²) in [6.45, 7) is 6.47. The predicted octanol–water partition coefficient (Wildman–Crippen LogP) is 3.90. The number of rotatable bonds is 3. The van der Waals surface area contributed by atoms with Gasteiger partial charge in [0.2, 0.25) is 0 Å². The van der Waals surface area contributed by atoms with Gasteiger partial charge in [-0.2, -0.15) is 0 Å². The van der Waals surface area contributed by atoms with Crippen LogP contribution < -0.4 is 10.6 Å². The number of fused-ring (bicyclic) bond motifs is 1. The normalized spacial score (nSPS) is 22.9. The van der Waals surface area contributed by atoms with Crippen LogP contribution in [0.2, 0.25) is 0 Å². The first-order valence-corrected chi connectivity index (χ1v) is 6.04. The minimum atomic E-state index is -0.0911. The molecular formula is C14H20N2. The third-order valence-corrected chi connectivity index (χ3v) is 3.09. The Morgan fingerprint density at radius 3 is 2.62 bits per heavy atom. The maximum Gasteiger partial charge on any atom is 0.127 e. The van der Waals surface area contributed by atoms with Crippen LogP contribution in [0, 0.1) is 6.92 Å². The average Bonchev–Trinajstić information content (AvgIpc) is 2.65. The monoisotopic (exact) mass is 216 g/mol. The lowest BCUT2D eigenvalue weighted by atomic mass is 10.1. The van der Waals surface area contributed by atoms with E-state index >= 15 is 0 Å². The lowest BCUT2D eigenvalue weighted by Crippen LogP contribution is -2.38. The number of hydrogen-bond donors (Lipinski definition) is 2. The van der Waals surface area contributed by atoms with Crippen LogP contribution in [0.5, 0.6) is 0 Å². The van der Waals surface area contributed by atoms with Crippen molar-refractivity contribution in [3.05, 3.63) is 35.9 Å². The number of anilines is 2. The molecule has 0 fully saturated rings. The second-order valence-electron chi connectivity index (χ2n) is 4.43. The summed E-state index contributed by atoms with van der Waals surface area (Å²) in [5.74, 6) is 0. The Bertz CT molecular complexity index is 409. The van der Waals surface area contributed by atoms with Crippen molar-refractivity contribution < 1.29 is 0 Å². The molecule has 1 unspecified atom stereocenters. The zero-order chi connectivity index (χ0) is 11.6. The third-order valence-electron chi connectivity index (χ3n) is 3.09. The van der Waals surface area contributed by atoms with Gasteiger partial charge in [0, 0.05) is 0 Å². The van der Waals surface area contributed by atoms with Gasteiger partial charge in [-0.3, -0.25) is 0 Å². The molecular weight excluding hydrogens is 196 g/mol. The fourth-order valence-electron chi connectivity index (χ4n) is 2.08. The molecule has 2 N–H and O–H groups in total. The molecule has 1 heterocycles. The summed E-state index contributed by atoms with van der Waals surface area (Å²) in [7, 11) is 0. The standard InChI is InChI=1S/C14H20N2/c1-4-6-9-14(5-2)15-12-8-7-11(3)10-13(12)16-14/h6-10,15-16H,4-5H2,1-3H3. The molecule has 0 spiro atoms. The van der Waals surface area contributed by atoms with Gasteiger partial charge in [-0.15, -0.1) is 0 Å². The topological polar surface area (TPSA) is 24.1 Å². The number of allylic oxidation sites excluding steroid dienone is 1. The summed E-state index contributed by atoms with van der Waals surface area (Å²) in [4.78, 5) is 0. The van der Waals surface area contributed by atoms with E-state index < -0.39 is 0 Å². The summed E-state index contributed by atoms with van der Waals surface area (Å²) >= 11 is 0. The largest absolute Gasteiger partial charge is 0.358 e. The van der Waals surface area contributed by atoms with Crippen LogP contribution in [0.15, 0.2) is 30.4 Å². The highest BCUT2D eigenvalue weighted by Gasteiger charge is 2.31. The minimum absolute atomic E-state index is 0.0911. The van der Waals surface area contributed by atoms with Gasteiger partial charge in [0.05, 0.1) is 11.4 Å². The van der Waals surface area contributed by atoms with Crippen molar-refractivity contribution in [1.82, 2.24) is 0 Å². The van der Waals surface area contributed by atoms with Gasteiger partial charge in [0.1, 0.15) is 5.66 Å². The van der Waals surface area contributed by atoms with E-state index in [-0.39, 0.29) is 5.66 Å². The zero-order valence-electron chi connectivity index (χ0n) is 10.3. The molecule has 0 bridgehead atoms. The second-order valence-corrected chi connectivity index (χ2v) is 4.43. The highest BCUT2D eigenvalue weighted by molar-refractivity contribution is 5.77. The molecule has 1 aliphatic heterocycles. The summed E-state index contributed by atoms with van der Waals surface area (Å²) in [5, 5.41) is 7.14. The van der Waals surface area contributed by atoms with Gasteiger partial charge >= 0.3 is 0 Å². The van der Waals surface area contributed by atoms with Crippen molar-refractivity contribution in [2.24, 2.45) is 0 Å². The van der Waals surface area contributed by atoms with Crippen molar-refractivity contribution in [3.63, 3.8) is 0 Å². The van der Waals surface area contributed by atoms with E-state index in [1.807, 2.05) is 0 Å². The Morgan fingerprint density at radius 2 is 1.94 bits per heavy atom. The van der Waals surface area contributed by atoms with Gasteiger partial charge in [-0.25, -0.2) is 0 Å². The van der Waals surface area contributed by atoms with E-state index in [9.17, 15) is 0 Å². The molecule has 2 rings (SSSR count). The Balaban J connectivity index is 2.28. The first kappa shape index (κ1) is 11.1. The highest BCUT2D eigenvalue weighted by Crippen LogP contribution is 2.36. The van der Waals surface area contributed by atoms with E-state index in [0.29, 0.717) is 0 Å². The molecule has 86 valence electrons. The zero-order valence-corrected chi connectivity index (χ0v) is 10.3. The van der Waals surface area contributed by atoms with Crippen LogP contribution in [-0.2, 0) is 0 Å². The van der Waals surface area contributed by atoms with Crippen LogP contribution in [0.25, 0.3) is 0 Å². The van der Waals surface area contributed by atoms with Crippen molar-refractivity contribution in [2.45, 2.75) is 39.3 Å². The Morgan fingerprint density at radius 1 is 1.19 bits per heavy atom. The van der Waals surface area contributed by atoms with E-state index in [4.69, 9.17) is 0 Å². The average molecular weight is 216 g/mol. The van der Waals surface area contributed by atoms with Crippen LogP contribution in [0.1, 0.15) is 32.3 Å². The van der Waals surface area contributed by atoms with E-state index in [1.54, 1.807) is 0 Å². The summed E-state index contributed by atoms with van der Waals surface area (Å²) in [6, 6.07) is 6.48. The lowest BCUT2D eigenvalue weighted by molar-refractivity contribution is 0.645. The molecule has 2 heteroatoms. The first-order chi connectivity index (χ1) is 7.69. The molecule has 1 aromatic rings. The fourth-order valence-corrected chi connectivity index (χ4v) is 2.08. The first-order valence-electron chi connectivity index (χ1n) is 6.04. The molecule has 0 aromatic heterocycles. The second kappa shape index (κ2) is 4.20. The maximum absolute atomic E-state index is 3.58. The van der Waals surface area contributed by atoms with E-state index in [0.717, 1.165) is 12.8 Å². The summed E-state index contributed by atoms with van der Waals surface area (Å²) in [6.07, 6.45) is 6.54. The number of aryl methyl sites for hydroxylation is 1. The van der Waals surface area contributed by atoms with Crippen LogP contribution >= 0.6 is 0 Å². The lowest BCUT2D eigenvalue weighted by Gasteiger charge is -2.25. The maximum atomic E-state index is 3.58. The SMILES string of the molecule is CCC=CC1(CC)Nc2ccc(C)cc2N1. The minimum Gasteiger partial charge on any atom is -0.358 e. The Labute approximate surface area is 97.8 Å². The molecule has 0 saturated heterocycles. The molecule has 0 radical (unpaired) electrons. The van der Waals surface area contributed by atoms with Gasteiger partial charge in [-0.1, -0.05) is 26.0 Å². The predicted molar refractivity (Wildman–Crippen MR) is 70.9 cm³/mol. The van der Waals surface area contributed by atoms with Crippen molar-refractivity contribution >= 4 is 11.4 Å².